The van der Waals surface area contributed by atoms with Gasteiger partial charge in [-0.05, 0) is 65.3 Å². The molecule has 2 aromatic heterocycles. The number of pyridine rings is 1. The summed E-state index contributed by atoms with van der Waals surface area (Å²) in [5.74, 6) is 1.39. The minimum atomic E-state index is -3.50. The quantitative estimate of drug-likeness (QED) is 0.493. The first kappa shape index (κ1) is 23.5. The van der Waals surface area contributed by atoms with E-state index in [1.54, 1.807) is 27.9 Å². The van der Waals surface area contributed by atoms with Crippen LogP contribution in [0.3, 0.4) is 0 Å². The summed E-state index contributed by atoms with van der Waals surface area (Å²) in [7, 11) is -3.50. The third-order valence-electron chi connectivity index (χ3n) is 6.98. The van der Waals surface area contributed by atoms with Gasteiger partial charge < -0.3 is 4.90 Å². The molecule has 4 heterocycles. The molecule has 0 amide bonds. The zero-order chi connectivity index (χ0) is 23.4. The molecule has 8 heteroatoms. The fourth-order valence-electron chi connectivity index (χ4n) is 4.94. The summed E-state index contributed by atoms with van der Waals surface area (Å²) in [5.41, 5.74) is 2.70. The molecule has 0 radical (unpaired) electrons. The molecule has 2 aliphatic heterocycles. The van der Waals surface area contributed by atoms with E-state index in [9.17, 15) is 8.42 Å². The molecule has 0 aliphatic carbocycles. The minimum Gasteiger partial charge on any atom is -0.354 e. The first-order chi connectivity index (χ1) is 16.6. The third-order valence-corrected chi connectivity index (χ3v) is 9.60. The van der Waals surface area contributed by atoms with E-state index in [0.717, 1.165) is 57.8 Å². The predicted molar refractivity (Wildman–Crippen MR) is 138 cm³/mol. The monoisotopic (exact) mass is 496 g/mol. The first-order valence-electron chi connectivity index (χ1n) is 12.1. The Morgan fingerprint density at radius 3 is 2.29 bits per heavy atom. The Bertz CT molecular complexity index is 1140. The summed E-state index contributed by atoms with van der Waals surface area (Å²) in [4.78, 5) is 9.54. The molecule has 2 fully saturated rings. The number of thiophene rings is 1. The lowest BCUT2D eigenvalue weighted by atomic mass is 9.91. The van der Waals surface area contributed by atoms with Crippen LogP contribution in [-0.2, 0) is 23.0 Å². The molecule has 180 valence electrons. The second kappa shape index (κ2) is 10.6. The smallest absolute Gasteiger partial charge is 0.244 e. The maximum absolute atomic E-state index is 13.2. The summed E-state index contributed by atoms with van der Waals surface area (Å²) < 4.78 is 28.0. The number of piperazine rings is 1. The Morgan fingerprint density at radius 2 is 1.65 bits per heavy atom. The zero-order valence-corrected chi connectivity index (χ0v) is 21.1. The Hall–Kier alpha value is -2.26. The maximum Gasteiger partial charge on any atom is 0.244 e. The van der Waals surface area contributed by atoms with Gasteiger partial charge in [0.05, 0.1) is 0 Å². The minimum absolute atomic E-state index is 0.300. The molecule has 0 unspecified atom stereocenters. The van der Waals surface area contributed by atoms with Crippen molar-refractivity contribution in [2.24, 2.45) is 5.92 Å². The second-order valence-electron chi connectivity index (χ2n) is 9.28. The van der Waals surface area contributed by atoms with Crippen LogP contribution >= 0.6 is 11.3 Å². The lowest BCUT2D eigenvalue weighted by Crippen LogP contribution is -2.46. The van der Waals surface area contributed by atoms with E-state index < -0.39 is 10.0 Å². The van der Waals surface area contributed by atoms with E-state index in [-0.39, 0.29) is 0 Å². The Kier molecular flexibility index (Phi) is 7.29. The molecular formula is C26H32N4O2S2. The summed E-state index contributed by atoms with van der Waals surface area (Å²) >= 11 is 1.74. The van der Waals surface area contributed by atoms with Crippen LogP contribution in [0.4, 0.5) is 5.82 Å². The Labute approximate surface area is 206 Å². The zero-order valence-electron chi connectivity index (χ0n) is 19.4. The van der Waals surface area contributed by atoms with Crippen LogP contribution in [0.5, 0.6) is 0 Å². The summed E-state index contributed by atoms with van der Waals surface area (Å²) in [6.45, 7) is 5.91. The van der Waals surface area contributed by atoms with Gasteiger partial charge in [-0.1, -0.05) is 30.3 Å². The largest absolute Gasteiger partial charge is 0.354 e. The van der Waals surface area contributed by atoms with Crippen molar-refractivity contribution in [3.63, 3.8) is 0 Å². The summed E-state index contributed by atoms with van der Waals surface area (Å²) in [6.07, 6.45) is 4.36. The van der Waals surface area contributed by atoms with Gasteiger partial charge in [-0.25, -0.2) is 13.4 Å². The molecule has 0 N–H and O–H groups in total. The van der Waals surface area contributed by atoms with Crippen molar-refractivity contribution < 1.29 is 8.42 Å². The average Bonchev–Trinajstić information content (AvgIpc) is 3.39. The van der Waals surface area contributed by atoms with E-state index in [0.29, 0.717) is 23.9 Å². The predicted octanol–water partition coefficient (Wildman–Crippen LogP) is 4.11. The third kappa shape index (κ3) is 5.51. The molecule has 3 aromatic rings. The lowest BCUT2D eigenvalue weighted by molar-refractivity contribution is 0.249. The lowest BCUT2D eigenvalue weighted by Gasteiger charge is -2.35. The van der Waals surface area contributed by atoms with Crippen LogP contribution in [0, 0.1) is 5.92 Å². The fourth-order valence-corrected chi connectivity index (χ4v) is 7.01. The molecule has 2 aliphatic rings. The van der Waals surface area contributed by atoms with Crippen molar-refractivity contribution >= 4 is 27.2 Å². The van der Waals surface area contributed by atoms with Crippen molar-refractivity contribution in [2.75, 3.05) is 44.2 Å². The normalized spacial score (nSPS) is 18.9. The molecule has 6 nitrogen and oxygen atoms in total. The highest BCUT2D eigenvalue weighted by molar-refractivity contribution is 7.89. The van der Waals surface area contributed by atoms with Crippen molar-refractivity contribution in [3.05, 3.63) is 76.6 Å². The Morgan fingerprint density at radius 1 is 0.882 bits per heavy atom. The Balaban J connectivity index is 1.14. The van der Waals surface area contributed by atoms with Crippen LogP contribution in [0.1, 0.15) is 24.0 Å². The van der Waals surface area contributed by atoms with E-state index in [1.807, 2.05) is 12.1 Å². The van der Waals surface area contributed by atoms with Crippen molar-refractivity contribution in [2.45, 2.75) is 30.7 Å². The number of aromatic nitrogens is 1. The van der Waals surface area contributed by atoms with Crippen LogP contribution in [-0.4, -0.2) is 61.9 Å². The summed E-state index contributed by atoms with van der Waals surface area (Å²) in [6, 6.07) is 16.2. The summed E-state index contributed by atoms with van der Waals surface area (Å²) in [5, 5.41) is 4.33. The van der Waals surface area contributed by atoms with Gasteiger partial charge in [0, 0.05) is 52.0 Å². The van der Waals surface area contributed by atoms with E-state index in [4.69, 9.17) is 0 Å². The molecule has 0 spiro atoms. The van der Waals surface area contributed by atoms with Gasteiger partial charge in [0.2, 0.25) is 10.0 Å². The first-order valence-corrected chi connectivity index (χ1v) is 14.4. The number of anilines is 1. The maximum atomic E-state index is 13.2. The number of hydrogen-bond donors (Lipinski definition) is 0. The number of sulfonamides is 1. The highest BCUT2D eigenvalue weighted by atomic mass is 32.2. The van der Waals surface area contributed by atoms with Gasteiger partial charge >= 0.3 is 0 Å². The van der Waals surface area contributed by atoms with Crippen molar-refractivity contribution in [3.8, 4) is 0 Å². The van der Waals surface area contributed by atoms with Gasteiger partial charge in [-0.2, -0.15) is 15.6 Å². The van der Waals surface area contributed by atoms with Gasteiger partial charge in [0.25, 0.3) is 0 Å². The average molecular weight is 497 g/mol. The van der Waals surface area contributed by atoms with Crippen molar-refractivity contribution in [1.29, 1.82) is 0 Å². The molecule has 2 saturated heterocycles. The number of benzene rings is 1. The fraction of sp³-hybridized carbons (Fsp3) is 0.423. The molecule has 5 rings (SSSR count). The van der Waals surface area contributed by atoms with E-state index >= 15 is 0 Å². The van der Waals surface area contributed by atoms with Gasteiger partial charge in [-0.3, -0.25) is 4.90 Å². The van der Waals surface area contributed by atoms with Gasteiger partial charge in [0.1, 0.15) is 10.7 Å². The molecule has 1 aromatic carbocycles. The van der Waals surface area contributed by atoms with E-state index in [2.05, 4.69) is 55.9 Å². The number of hydrogen-bond acceptors (Lipinski definition) is 6. The van der Waals surface area contributed by atoms with Crippen LogP contribution in [0.2, 0.25) is 0 Å². The second-order valence-corrected chi connectivity index (χ2v) is 12.0. The standard InChI is InChI=1S/C26H32N4O2S2/c31-34(32,30-11-8-23(9-12-30)18-22-4-2-1-3-5-22)25-6-7-26(27-19-25)29-15-13-28(14-16-29)20-24-10-17-33-21-24/h1-7,10,17,19,21,23H,8-9,11-16,18,20H2. The SMILES string of the molecule is O=S(=O)(c1ccc(N2CCN(Cc3ccsc3)CC2)nc1)N1CCC(Cc2ccccc2)CC1. The van der Waals surface area contributed by atoms with Crippen molar-refractivity contribution in [1.82, 2.24) is 14.2 Å². The molecule has 34 heavy (non-hydrogen) atoms. The molecule has 0 bridgehead atoms. The number of nitrogens with zero attached hydrogens (tertiary/aromatic N) is 4. The highest BCUT2D eigenvalue weighted by Crippen LogP contribution is 2.27. The van der Waals surface area contributed by atoms with Crippen LogP contribution in [0.25, 0.3) is 0 Å². The van der Waals surface area contributed by atoms with Gasteiger partial charge in [-0.15, -0.1) is 0 Å². The molecule has 0 atom stereocenters. The van der Waals surface area contributed by atoms with E-state index in [1.165, 1.54) is 11.1 Å². The topological polar surface area (TPSA) is 56.8 Å². The van der Waals surface area contributed by atoms with Crippen LogP contribution < -0.4 is 4.90 Å². The highest BCUT2D eigenvalue weighted by Gasteiger charge is 2.30. The van der Waals surface area contributed by atoms with Gasteiger partial charge in [0.15, 0.2) is 0 Å². The van der Waals surface area contributed by atoms with Crippen LogP contribution in [0.15, 0.2) is 70.4 Å². The molecular weight excluding hydrogens is 464 g/mol. The number of rotatable bonds is 7. The molecule has 0 saturated carbocycles. The number of piperidine rings is 1.